The van der Waals surface area contributed by atoms with Crippen molar-refractivity contribution in [3.63, 3.8) is 0 Å². The summed E-state index contributed by atoms with van der Waals surface area (Å²) in [5.74, 6) is 1.30. The molecule has 0 atom stereocenters. The first-order chi connectivity index (χ1) is 13.1. The Morgan fingerprint density at radius 3 is 2.63 bits per heavy atom. The number of hydrogen-bond donors (Lipinski definition) is 0. The number of rotatable bonds is 4. The summed E-state index contributed by atoms with van der Waals surface area (Å²) in [6.07, 6.45) is 1.70. The zero-order chi connectivity index (χ0) is 18.8. The van der Waals surface area contributed by atoms with Crippen molar-refractivity contribution in [3.8, 4) is 11.5 Å². The minimum absolute atomic E-state index is 0.143. The third-order valence-electron chi connectivity index (χ3n) is 4.31. The molecule has 3 nitrogen and oxygen atoms in total. The minimum atomic E-state index is -0.143. The van der Waals surface area contributed by atoms with E-state index in [1.54, 1.807) is 36.4 Å². The monoisotopic (exact) mass is 376 g/mol. The Labute approximate surface area is 162 Å². The van der Waals surface area contributed by atoms with Gasteiger partial charge >= 0.3 is 0 Å². The summed E-state index contributed by atoms with van der Waals surface area (Å²) >= 11 is 6.00. The van der Waals surface area contributed by atoms with Crippen molar-refractivity contribution in [3.05, 3.63) is 99.8 Å². The van der Waals surface area contributed by atoms with Gasteiger partial charge in [-0.1, -0.05) is 53.6 Å². The smallest absolute Gasteiger partial charge is 0.231 e. The molecule has 0 saturated carbocycles. The first-order valence-corrected chi connectivity index (χ1v) is 8.98. The van der Waals surface area contributed by atoms with Crippen LogP contribution in [0.3, 0.4) is 0 Å². The van der Waals surface area contributed by atoms with E-state index in [9.17, 15) is 4.79 Å². The van der Waals surface area contributed by atoms with Crippen LogP contribution in [0.5, 0.6) is 11.5 Å². The van der Waals surface area contributed by atoms with Gasteiger partial charge in [-0.05, 0) is 48.4 Å². The van der Waals surface area contributed by atoms with E-state index in [0.717, 1.165) is 11.1 Å². The van der Waals surface area contributed by atoms with Crippen molar-refractivity contribution in [2.45, 2.75) is 13.5 Å². The first kappa shape index (κ1) is 17.4. The van der Waals surface area contributed by atoms with Crippen LogP contribution in [0, 0.1) is 6.92 Å². The number of Topliss-reactive ketones (excluding diaryl/α,β-unsaturated/α-hetero) is 1. The number of fused-ring (bicyclic) bond motifs is 1. The van der Waals surface area contributed by atoms with Crippen LogP contribution in [0.15, 0.2) is 72.5 Å². The van der Waals surface area contributed by atoms with Gasteiger partial charge < -0.3 is 9.47 Å². The van der Waals surface area contributed by atoms with Crippen molar-refractivity contribution in [2.24, 2.45) is 0 Å². The summed E-state index contributed by atoms with van der Waals surface area (Å²) in [4.78, 5) is 12.5. The molecule has 3 aromatic rings. The molecule has 4 rings (SSSR count). The predicted octanol–water partition coefficient (Wildman–Crippen LogP) is 5.84. The number of aryl methyl sites for hydroxylation is 1. The molecule has 4 heteroatoms. The fourth-order valence-corrected chi connectivity index (χ4v) is 3.05. The maximum absolute atomic E-state index is 12.5. The lowest BCUT2D eigenvalue weighted by Crippen LogP contribution is -1.98. The lowest BCUT2D eigenvalue weighted by molar-refractivity contribution is 0.101. The SMILES string of the molecule is Cc1ccc(COc2ccc3c(c2)O/C(=C\c2cccc(Cl)c2)C3=O)cc1. The number of ether oxygens (including phenoxy) is 2. The lowest BCUT2D eigenvalue weighted by atomic mass is 10.1. The summed E-state index contributed by atoms with van der Waals surface area (Å²) in [7, 11) is 0. The lowest BCUT2D eigenvalue weighted by Gasteiger charge is -2.07. The number of allylic oxidation sites excluding steroid dienone is 1. The number of carbonyl (C=O) groups excluding carboxylic acids is 1. The molecule has 0 N–H and O–H groups in total. The normalized spacial score (nSPS) is 14.1. The molecule has 1 heterocycles. The summed E-state index contributed by atoms with van der Waals surface area (Å²) < 4.78 is 11.6. The average Bonchev–Trinajstić information content (AvgIpc) is 2.96. The van der Waals surface area contributed by atoms with Gasteiger partial charge in [0.2, 0.25) is 5.78 Å². The van der Waals surface area contributed by atoms with Gasteiger partial charge in [-0.25, -0.2) is 0 Å². The Hall–Kier alpha value is -3.04. The molecule has 3 aromatic carbocycles. The second-order valence-corrected chi connectivity index (χ2v) is 6.86. The molecule has 0 fully saturated rings. The van der Waals surface area contributed by atoms with E-state index in [1.807, 2.05) is 31.2 Å². The van der Waals surface area contributed by atoms with E-state index in [4.69, 9.17) is 21.1 Å². The van der Waals surface area contributed by atoms with Gasteiger partial charge in [-0.2, -0.15) is 0 Å². The van der Waals surface area contributed by atoms with E-state index in [1.165, 1.54) is 5.56 Å². The molecule has 0 unspecified atom stereocenters. The highest BCUT2D eigenvalue weighted by Crippen LogP contribution is 2.35. The summed E-state index contributed by atoms with van der Waals surface area (Å²) in [5, 5.41) is 0.610. The Kier molecular flexibility index (Phi) is 4.69. The molecule has 0 aromatic heterocycles. The molecule has 0 amide bonds. The summed E-state index contributed by atoms with van der Waals surface area (Å²) in [5.41, 5.74) is 3.64. The first-order valence-electron chi connectivity index (χ1n) is 8.61. The Balaban J connectivity index is 1.51. The molecule has 0 spiro atoms. The summed E-state index contributed by atoms with van der Waals surface area (Å²) in [6.45, 7) is 2.51. The topological polar surface area (TPSA) is 35.5 Å². The zero-order valence-corrected chi connectivity index (χ0v) is 15.5. The van der Waals surface area contributed by atoms with Gasteiger partial charge in [0, 0.05) is 11.1 Å². The molecule has 0 bridgehead atoms. The van der Waals surface area contributed by atoms with E-state index in [-0.39, 0.29) is 11.5 Å². The van der Waals surface area contributed by atoms with Crippen molar-refractivity contribution >= 4 is 23.5 Å². The standard InChI is InChI=1S/C23H17ClO3/c1-15-5-7-16(8-6-15)14-26-19-9-10-20-21(13-19)27-22(23(20)25)12-17-3-2-4-18(24)11-17/h2-13H,14H2,1H3/b22-12-. The molecule has 1 aliphatic rings. The molecule has 0 saturated heterocycles. The number of ketones is 1. The van der Waals surface area contributed by atoms with Gasteiger partial charge in [-0.3, -0.25) is 4.79 Å². The van der Waals surface area contributed by atoms with Crippen LogP contribution in [0.1, 0.15) is 27.0 Å². The molecule has 0 radical (unpaired) electrons. The van der Waals surface area contributed by atoms with E-state index < -0.39 is 0 Å². The van der Waals surface area contributed by atoms with Gasteiger partial charge in [0.25, 0.3) is 0 Å². The Bertz CT molecular complexity index is 1040. The molecule has 27 heavy (non-hydrogen) atoms. The van der Waals surface area contributed by atoms with E-state index >= 15 is 0 Å². The zero-order valence-electron chi connectivity index (χ0n) is 14.7. The molecular weight excluding hydrogens is 360 g/mol. The highest BCUT2D eigenvalue weighted by Gasteiger charge is 2.27. The van der Waals surface area contributed by atoms with Gasteiger partial charge in [0.15, 0.2) is 5.76 Å². The van der Waals surface area contributed by atoms with Gasteiger partial charge in [0.1, 0.15) is 18.1 Å². The fourth-order valence-electron chi connectivity index (χ4n) is 2.86. The predicted molar refractivity (Wildman–Crippen MR) is 106 cm³/mol. The molecule has 134 valence electrons. The van der Waals surface area contributed by atoms with Gasteiger partial charge in [-0.15, -0.1) is 0 Å². The maximum Gasteiger partial charge on any atom is 0.231 e. The third kappa shape index (κ3) is 3.88. The second-order valence-electron chi connectivity index (χ2n) is 6.43. The number of halogens is 1. The van der Waals surface area contributed by atoms with Crippen molar-refractivity contribution in [2.75, 3.05) is 0 Å². The van der Waals surface area contributed by atoms with Crippen LogP contribution >= 0.6 is 11.6 Å². The van der Waals surface area contributed by atoms with Crippen LogP contribution in [-0.2, 0) is 6.61 Å². The maximum atomic E-state index is 12.5. The number of benzene rings is 3. The van der Waals surface area contributed by atoms with Crippen molar-refractivity contribution < 1.29 is 14.3 Å². The average molecular weight is 377 g/mol. The van der Waals surface area contributed by atoms with Crippen molar-refractivity contribution in [1.82, 2.24) is 0 Å². The van der Waals surface area contributed by atoms with Crippen LogP contribution < -0.4 is 9.47 Å². The molecule has 0 aliphatic carbocycles. The third-order valence-corrected chi connectivity index (χ3v) is 4.55. The van der Waals surface area contributed by atoms with Gasteiger partial charge in [0.05, 0.1) is 5.56 Å². The Morgan fingerprint density at radius 2 is 1.85 bits per heavy atom. The van der Waals surface area contributed by atoms with Crippen LogP contribution in [0.4, 0.5) is 0 Å². The summed E-state index contributed by atoms with van der Waals surface area (Å²) in [6, 6.07) is 20.7. The second kappa shape index (κ2) is 7.29. The molecule has 1 aliphatic heterocycles. The molecular formula is C23H17ClO3. The van der Waals surface area contributed by atoms with E-state index in [0.29, 0.717) is 28.7 Å². The largest absolute Gasteiger partial charge is 0.489 e. The van der Waals surface area contributed by atoms with Crippen LogP contribution in [0.2, 0.25) is 5.02 Å². The van der Waals surface area contributed by atoms with Crippen LogP contribution in [-0.4, -0.2) is 5.78 Å². The highest BCUT2D eigenvalue weighted by molar-refractivity contribution is 6.30. The van der Waals surface area contributed by atoms with E-state index in [2.05, 4.69) is 12.1 Å². The highest BCUT2D eigenvalue weighted by atomic mass is 35.5. The fraction of sp³-hybridized carbons (Fsp3) is 0.0870. The van der Waals surface area contributed by atoms with Crippen LogP contribution in [0.25, 0.3) is 6.08 Å². The number of carbonyl (C=O) groups is 1. The quantitative estimate of drug-likeness (QED) is 0.536. The Morgan fingerprint density at radius 1 is 1.04 bits per heavy atom. The minimum Gasteiger partial charge on any atom is -0.489 e. The number of hydrogen-bond acceptors (Lipinski definition) is 3. The van der Waals surface area contributed by atoms with Crippen molar-refractivity contribution in [1.29, 1.82) is 0 Å².